The Morgan fingerprint density at radius 1 is 0.390 bits per heavy atom. The van der Waals surface area contributed by atoms with Crippen molar-refractivity contribution in [1.29, 1.82) is 0 Å². The lowest BCUT2D eigenvalue weighted by atomic mass is 10.1. The molecule has 5 heterocycles. The highest BCUT2D eigenvalue weighted by molar-refractivity contribution is 6.06. The molecule has 6 bridgehead atoms. The minimum absolute atomic E-state index is 0.437. The Bertz CT molecular complexity index is 1460. The number of hydrogen-bond acceptors (Lipinski definition) is 9. The van der Waals surface area contributed by atoms with Gasteiger partial charge in [0, 0.05) is 23.2 Å². The van der Waals surface area contributed by atoms with Gasteiger partial charge in [0.25, 0.3) is 0 Å². The summed E-state index contributed by atoms with van der Waals surface area (Å²) in [5, 5.41) is 1.70. The minimum Gasteiger partial charge on any atom is -0.491 e. The van der Waals surface area contributed by atoms with E-state index in [0.717, 1.165) is 33.3 Å². The zero-order valence-electron chi connectivity index (χ0n) is 22.5. The molecule has 0 N–H and O–H groups in total. The molecule has 41 heavy (non-hydrogen) atoms. The molecule has 0 saturated carbocycles. The van der Waals surface area contributed by atoms with E-state index in [1.807, 2.05) is 72.8 Å². The second kappa shape index (κ2) is 13.3. The van der Waals surface area contributed by atoms with Crippen molar-refractivity contribution in [1.82, 2.24) is 9.97 Å². The normalized spacial score (nSPS) is 15.5. The molecular formula is C32H30N2O7. The average Bonchev–Trinajstić information content (AvgIpc) is 3.01. The lowest BCUT2D eigenvalue weighted by Gasteiger charge is -2.13. The molecule has 0 saturated heterocycles. The first kappa shape index (κ1) is 26.8. The number of fused-ring (bicyclic) bond motifs is 3. The van der Waals surface area contributed by atoms with Gasteiger partial charge in [0.15, 0.2) is 0 Å². The van der Waals surface area contributed by atoms with Gasteiger partial charge in [-0.2, -0.15) is 0 Å². The molecule has 9 heteroatoms. The molecule has 0 unspecified atom stereocenters. The van der Waals surface area contributed by atoms with Gasteiger partial charge in [0.05, 0.1) is 39.6 Å². The van der Waals surface area contributed by atoms with Gasteiger partial charge in [0.1, 0.15) is 58.7 Å². The highest BCUT2D eigenvalue weighted by Gasteiger charge is 2.13. The molecule has 3 aliphatic rings. The molecule has 3 aromatic carbocycles. The lowest BCUT2D eigenvalue weighted by molar-refractivity contribution is 0.00499. The highest BCUT2D eigenvalue weighted by Crippen LogP contribution is 2.36. The number of rotatable bonds is 0. The third kappa shape index (κ3) is 6.83. The number of nitrogens with zero attached hydrogens (tertiary/aromatic N) is 2. The zero-order chi connectivity index (χ0) is 27.7. The van der Waals surface area contributed by atoms with Crippen LogP contribution in [-0.2, 0) is 14.2 Å². The van der Waals surface area contributed by atoms with Gasteiger partial charge in [0.2, 0.25) is 0 Å². The number of hydrogen-bond donors (Lipinski definition) is 0. The molecular weight excluding hydrogens is 524 g/mol. The third-order valence-corrected chi connectivity index (χ3v) is 6.38. The number of pyridine rings is 2. The van der Waals surface area contributed by atoms with Crippen LogP contribution in [-0.4, -0.2) is 62.8 Å². The molecule has 8 rings (SSSR count). The zero-order valence-corrected chi connectivity index (χ0v) is 22.5. The maximum atomic E-state index is 6.23. The molecule has 3 aliphatic heterocycles. The summed E-state index contributed by atoms with van der Waals surface area (Å²) < 4.78 is 40.7. The van der Waals surface area contributed by atoms with Crippen LogP contribution in [0.25, 0.3) is 21.8 Å². The van der Waals surface area contributed by atoms with Crippen LogP contribution >= 0.6 is 0 Å². The van der Waals surface area contributed by atoms with Crippen LogP contribution < -0.4 is 18.9 Å². The quantitative estimate of drug-likeness (QED) is 0.208. The fraction of sp³-hybridized carbons (Fsp3) is 0.250. The van der Waals surface area contributed by atoms with Crippen LogP contribution in [0.4, 0.5) is 0 Å². The van der Waals surface area contributed by atoms with Crippen molar-refractivity contribution < 1.29 is 33.2 Å². The van der Waals surface area contributed by atoms with Gasteiger partial charge in [-0.25, -0.2) is 0 Å². The summed E-state index contributed by atoms with van der Waals surface area (Å²) in [6, 6.07) is 22.6. The van der Waals surface area contributed by atoms with E-state index in [1.54, 1.807) is 12.4 Å². The Kier molecular flexibility index (Phi) is 8.67. The summed E-state index contributed by atoms with van der Waals surface area (Å²) in [4.78, 5) is 9.24. The van der Waals surface area contributed by atoms with E-state index in [9.17, 15) is 0 Å². The molecule has 0 spiro atoms. The van der Waals surface area contributed by atoms with Crippen molar-refractivity contribution in [2.24, 2.45) is 0 Å². The van der Waals surface area contributed by atoms with Crippen molar-refractivity contribution in [3.8, 4) is 34.5 Å². The van der Waals surface area contributed by atoms with Crippen LogP contribution in [0.2, 0.25) is 0 Å². The standard InChI is InChI=1S/C32H30N2O7/c1-5-25-6-2-23(1)38-21-19-36-17-15-35-16-18-37-20-22-39-24-3-7-26(8-4-24)41-30-12-14-34-32-28(30)10-9-27-29(40-25)11-13-33-31(27)32/h1-14H,15-22H2. The van der Waals surface area contributed by atoms with Crippen molar-refractivity contribution in [2.45, 2.75) is 0 Å². The van der Waals surface area contributed by atoms with E-state index >= 15 is 0 Å². The van der Waals surface area contributed by atoms with E-state index in [1.165, 1.54) is 0 Å². The van der Waals surface area contributed by atoms with Crippen LogP contribution in [0, 0.1) is 0 Å². The fourth-order valence-corrected chi connectivity index (χ4v) is 4.40. The summed E-state index contributed by atoms with van der Waals surface area (Å²) in [5.74, 6) is 4.20. The molecule has 2 aromatic heterocycles. The van der Waals surface area contributed by atoms with E-state index < -0.39 is 0 Å². The summed E-state index contributed by atoms with van der Waals surface area (Å²) >= 11 is 0. The van der Waals surface area contributed by atoms with Crippen molar-refractivity contribution in [3.05, 3.63) is 85.2 Å². The topological polar surface area (TPSA) is 90.4 Å². The number of benzene rings is 3. The van der Waals surface area contributed by atoms with Crippen LogP contribution in [0.3, 0.4) is 0 Å². The molecule has 210 valence electrons. The first-order valence-electron chi connectivity index (χ1n) is 13.5. The van der Waals surface area contributed by atoms with Crippen molar-refractivity contribution >= 4 is 21.8 Å². The predicted molar refractivity (Wildman–Crippen MR) is 154 cm³/mol. The van der Waals surface area contributed by atoms with E-state index in [4.69, 9.17) is 33.2 Å². The van der Waals surface area contributed by atoms with Gasteiger partial charge in [-0.05, 0) is 72.8 Å². The Labute approximate surface area is 237 Å². The van der Waals surface area contributed by atoms with Crippen LogP contribution in [0.5, 0.6) is 34.5 Å². The molecule has 0 fully saturated rings. The lowest BCUT2D eigenvalue weighted by Crippen LogP contribution is -2.14. The van der Waals surface area contributed by atoms with Crippen LogP contribution in [0.15, 0.2) is 85.2 Å². The average molecular weight is 555 g/mol. The maximum absolute atomic E-state index is 6.23. The monoisotopic (exact) mass is 554 g/mol. The molecule has 0 aliphatic carbocycles. The summed E-state index contributed by atoms with van der Waals surface area (Å²) in [5.41, 5.74) is 1.46. The van der Waals surface area contributed by atoms with Gasteiger partial charge >= 0.3 is 0 Å². The molecule has 5 aromatic rings. The SMILES string of the molecule is c1cc2c3ccc4c(ccnc4c3n1)Oc1ccc(cc1)OCCOCCOCCOCCOc1ccc(cc1)O2. The predicted octanol–water partition coefficient (Wildman–Crippen LogP) is 6.19. The molecule has 9 nitrogen and oxygen atoms in total. The summed E-state index contributed by atoms with van der Waals surface area (Å²) in [7, 11) is 0. The maximum Gasteiger partial charge on any atom is 0.138 e. The van der Waals surface area contributed by atoms with Crippen molar-refractivity contribution in [3.63, 3.8) is 0 Å². The van der Waals surface area contributed by atoms with E-state index in [2.05, 4.69) is 9.97 Å². The molecule has 0 amide bonds. The molecule has 0 atom stereocenters. The Hall–Kier alpha value is -4.44. The largest absolute Gasteiger partial charge is 0.491 e. The van der Waals surface area contributed by atoms with Crippen LogP contribution in [0.1, 0.15) is 0 Å². The van der Waals surface area contributed by atoms with Gasteiger partial charge < -0.3 is 33.2 Å². The molecule has 0 radical (unpaired) electrons. The minimum atomic E-state index is 0.437. The van der Waals surface area contributed by atoms with E-state index in [0.29, 0.717) is 75.9 Å². The Morgan fingerprint density at radius 2 is 0.756 bits per heavy atom. The van der Waals surface area contributed by atoms with Crippen molar-refractivity contribution in [2.75, 3.05) is 52.9 Å². The smallest absolute Gasteiger partial charge is 0.138 e. The highest BCUT2D eigenvalue weighted by atomic mass is 16.6. The second-order valence-corrected chi connectivity index (χ2v) is 9.16. The third-order valence-electron chi connectivity index (χ3n) is 6.38. The summed E-state index contributed by atoms with van der Waals surface area (Å²) in [6.07, 6.45) is 3.44. The number of ether oxygens (including phenoxy) is 7. The van der Waals surface area contributed by atoms with Gasteiger partial charge in [-0.1, -0.05) is 0 Å². The fourth-order valence-electron chi connectivity index (χ4n) is 4.40. The Morgan fingerprint density at radius 3 is 1.17 bits per heavy atom. The first-order valence-corrected chi connectivity index (χ1v) is 13.5. The number of aromatic nitrogens is 2. The second-order valence-electron chi connectivity index (χ2n) is 9.16. The first-order chi connectivity index (χ1) is 20.3. The van der Waals surface area contributed by atoms with Gasteiger partial charge in [-0.15, -0.1) is 0 Å². The van der Waals surface area contributed by atoms with Gasteiger partial charge in [-0.3, -0.25) is 9.97 Å². The summed E-state index contributed by atoms with van der Waals surface area (Å²) in [6.45, 7) is 3.78. The Balaban J connectivity index is 1.25. The van der Waals surface area contributed by atoms with E-state index in [-0.39, 0.29) is 0 Å².